The van der Waals surface area contributed by atoms with Crippen molar-refractivity contribution in [1.82, 2.24) is 5.32 Å². The first-order valence-electron chi connectivity index (χ1n) is 7.45. The van der Waals surface area contributed by atoms with Crippen LogP contribution in [0, 0.1) is 0 Å². The number of benzene rings is 1. The van der Waals surface area contributed by atoms with E-state index in [1.54, 1.807) is 13.1 Å². The fourth-order valence-electron chi connectivity index (χ4n) is 1.97. The second-order valence-corrected chi connectivity index (χ2v) is 4.83. The Morgan fingerprint density at radius 2 is 1.85 bits per heavy atom. The Kier molecular flexibility index (Phi) is 7.55. The molecule has 0 saturated heterocycles. The molecule has 1 amide bonds. The first-order chi connectivity index (χ1) is 9.71. The standard InChI is InChI=1S/C16H26N2O2/c1-4-6-11-18(12-7-5-2)14-9-8-10-15(13-14)20-16(19)17-3/h8-10,13H,4-7,11-12H2,1-3H3,(H,17,19). The molecule has 1 aromatic rings. The third-order valence-electron chi connectivity index (χ3n) is 3.16. The molecule has 4 heteroatoms. The summed E-state index contributed by atoms with van der Waals surface area (Å²) in [5.41, 5.74) is 1.12. The van der Waals surface area contributed by atoms with E-state index in [0.29, 0.717) is 5.75 Å². The van der Waals surface area contributed by atoms with Gasteiger partial charge in [-0.1, -0.05) is 32.8 Å². The molecular weight excluding hydrogens is 252 g/mol. The molecule has 1 aromatic carbocycles. The zero-order valence-corrected chi connectivity index (χ0v) is 12.8. The van der Waals surface area contributed by atoms with E-state index in [1.165, 1.54) is 25.7 Å². The second kappa shape index (κ2) is 9.23. The van der Waals surface area contributed by atoms with Crippen molar-refractivity contribution < 1.29 is 9.53 Å². The van der Waals surface area contributed by atoms with Crippen LogP contribution >= 0.6 is 0 Å². The molecule has 0 bridgehead atoms. The van der Waals surface area contributed by atoms with Gasteiger partial charge in [-0.25, -0.2) is 4.79 Å². The van der Waals surface area contributed by atoms with E-state index in [0.717, 1.165) is 18.8 Å². The largest absolute Gasteiger partial charge is 0.412 e. The van der Waals surface area contributed by atoms with Gasteiger partial charge in [0, 0.05) is 31.9 Å². The van der Waals surface area contributed by atoms with Crippen molar-refractivity contribution >= 4 is 11.8 Å². The summed E-state index contributed by atoms with van der Waals surface area (Å²) in [7, 11) is 1.56. The van der Waals surface area contributed by atoms with E-state index in [1.807, 2.05) is 12.1 Å². The van der Waals surface area contributed by atoms with E-state index in [9.17, 15) is 4.79 Å². The zero-order chi connectivity index (χ0) is 14.8. The number of hydrogen-bond donors (Lipinski definition) is 1. The van der Waals surface area contributed by atoms with Gasteiger partial charge < -0.3 is 15.0 Å². The second-order valence-electron chi connectivity index (χ2n) is 4.83. The van der Waals surface area contributed by atoms with Crippen molar-refractivity contribution in [2.45, 2.75) is 39.5 Å². The van der Waals surface area contributed by atoms with Crippen LogP contribution in [0.5, 0.6) is 5.75 Å². The van der Waals surface area contributed by atoms with Crippen LogP contribution in [0.3, 0.4) is 0 Å². The number of nitrogens with one attached hydrogen (secondary N) is 1. The lowest BCUT2D eigenvalue weighted by molar-refractivity contribution is 0.203. The van der Waals surface area contributed by atoms with Crippen LogP contribution in [0.1, 0.15) is 39.5 Å². The maximum absolute atomic E-state index is 11.3. The van der Waals surface area contributed by atoms with Crippen LogP contribution in [0.2, 0.25) is 0 Å². The van der Waals surface area contributed by atoms with Crippen LogP contribution in [0.25, 0.3) is 0 Å². The third kappa shape index (κ3) is 5.51. The van der Waals surface area contributed by atoms with Crippen molar-refractivity contribution in [1.29, 1.82) is 0 Å². The number of anilines is 1. The average molecular weight is 278 g/mol. The molecule has 0 aliphatic heterocycles. The summed E-state index contributed by atoms with van der Waals surface area (Å²) in [6.07, 6.45) is 4.26. The third-order valence-corrected chi connectivity index (χ3v) is 3.16. The number of hydrogen-bond acceptors (Lipinski definition) is 3. The summed E-state index contributed by atoms with van der Waals surface area (Å²) in [5, 5.41) is 2.46. The number of ether oxygens (including phenoxy) is 1. The van der Waals surface area contributed by atoms with Crippen LogP contribution in [0.4, 0.5) is 10.5 Å². The topological polar surface area (TPSA) is 41.6 Å². The highest BCUT2D eigenvalue weighted by Crippen LogP contribution is 2.22. The molecule has 0 saturated carbocycles. The lowest BCUT2D eigenvalue weighted by Gasteiger charge is -2.25. The van der Waals surface area contributed by atoms with Gasteiger partial charge in [-0.3, -0.25) is 0 Å². The monoisotopic (exact) mass is 278 g/mol. The van der Waals surface area contributed by atoms with Crippen molar-refractivity contribution in [3.8, 4) is 5.75 Å². The Hall–Kier alpha value is -1.71. The van der Waals surface area contributed by atoms with Gasteiger partial charge in [0.2, 0.25) is 0 Å². The van der Waals surface area contributed by atoms with Gasteiger partial charge in [0.05, 0.1) is 0 Å². The summed E-state index contributed by atoms with van der Waals surface area (Å²) < 4.78 is 5.19. The van der Waals surface area contributed by atoms with E-state index in [4.69, 9.17) is 4.74 Å². The molecule has 0 spiro atoms. The zero-order valence-electron chi connectivity index (χ0n) is 12.8. The minimum Gasteiger partial charge on any atom is -0.410 e. The summed E-state index contributed by atoms with van der Waals surface area (Å²) in [6.45, 7) is 6.48. The van der Waals surface area contributed by atoms with Crippen LogP contribution in [-0.2, 0) is 0 Å². The number of nitrogens with zero attached hydrogens (tertiary/aromatic N) is 1. The van der Waals surface area contributed by atoms with Crippen molar-refractivity contribution in [2.24, 2.45) is 0 Å². The summed E-state index contributed by atoms with van der Waals surface area (Å²) in [6, 6.07) is 7.73. The Bertz CT molecular complexity index is 399. The van der Waals surface area contributed by atoms with Gasteiger partial charge in [-0.2, -0.15) is 0 Å². The maximum Gasteiger partial charge on any atom is 0.412 e. The Balaban J connectivity index is 2.77. The minimum absolute atomic E-state index is 0.434. The maximum atomic E-state index is 11.3. The molecule has 0 atom stereocenters. The molecule has 0 radical (unpaired) electrons. The fourth-order valence-corrected chi connectivity index (χ4v) is 1.97. The fraction of sp³-hybridized carbons (Fsp3) is 0.562. The summed E-state index contributed by atoms with van der Waals surface area (Å²) in [4.78, 5) is 13.6. The number of unbranched alkanes of at least 4 members (excludes halogenated alkanes) is 2. The number of carbonyl (C=O) groups is 1. The molecule has 0 aromatic heterocycles. The Labute approximate surface area is 122 Å². The molecule has 20 heavy (non-hydrogen) atoms. The minimum atomic E-state index is -0.434. The molecule has 0 fully saturated rings. The number of carbonyl (C=O) groups excluding carboxylic acids is 1. The van der Waals surface area contributed by atoms with Crippen molar-refractivity contribution in [2.75, 3.05) is 25.0 Å². The van der Waals surface area contributed by atoms with Crippen molar-refractivity contribution in [3.63, 3.8) is 0 Å². The predicted octanol–water partition coefficient (Wildman–Crippen LogP) is 3.81. The van der Waals surface area contributed by atoms with Crippen molar-refractivity contribution in [3.05, 3.63) is 24.3 Å². The number of rotatable bonds is 8. The molecular formula is C16H26N2O2. The average Bonchev–Trinajstić information content (AvgIpc) is 2.47. The van der Waals surface area contributed by atoms with Crippen LogP contribution in [-0.4, -0.2) is 26.2 Å². The van der Waals surface area contributed by atoms with Crippen LogP contribution < -0.4 is 15.0 Å². The van der Waals surface area contributed by atoms with Gasteiger partial charge in [-0.15, -0.1) is 0 Å². The van der Waals surface area contributed by atoms with E-state index >= 15 is 0 Å². The van der Waals surface area contributed by atoms with Gasteiger partial charge >= 0.3 is 6.09 Å². The molecule has 0 unspecified atom stereocenters. The first-order valence-corrected chi connectivity index (χ1v) is 7.45. The highest BCUT2D eigenvalue weighted by molar-refractivity contribution is 5.70. The van der Waals surface area contributed by atoms with Crippen LogP contribution in [0.15, 0.2) is 24.3 Å². The first kappa shape index (κ1) is 16.3. The van der Waals surface area contributed by atoms with E-state index in [2.05, 4.69) is 30.1 Å². The van der Waals surface area contributed by atoms with Gasteiger partial charge in [0.25, 0.3) is 0 Å². The van der Waals surface area contributed by atoms with Gasteiger partial charge in [0.15, 0.2) is 0 Å². The Morgan fingerprint density at radius 1 is 1.20 bits per heavy atom. The van der Waals surface area contributed by atoms with Gasteiger partial charge in [-0.05, 0) is 25.0 Å². The molecule has 1 rings (SSSR count). The summed E-state index contributed by atoms with van der Waals surface area (Å²) >= 11 is 0. The normalized spacial score (nSPS) is 10.2. The highest BCUT2D eigenvalue weighted by Gasteiger charge is 2.08. The molecule has 0 heterocycles. The van der Waals surface area contributed by atoms with E-state index < -0.39 is 6.09 Å². The lowest BCUT2D eigenvalue weighted by Crippen LogP contribution is -2.26. The SMILES string of the molecule is CCCCN(CCCC)c1cccc(OC(=O)NC)c1. The Morgan fingerprint density at radius 3 is 2.40 bits per heavy atom. The molecule has 0 aliphatic carbocycles. The molecule has 4 nitrogen and oxygen atoms in total. The summed E-state index contributed by atoms with van der Waals surface area (Å²) in [5.74, 6) is 0.583. The van der Waals surface area contributed by atoms with E-state index in [-0.39, 0.29) is 0 Å². The molecule has 0 aliphatic rings. The molecule has 1 N–H and O–H groups in total. The lowest BCUT2D eigenvalue weighted by atomic mass is 10.2. The smallest absolute Gasteiger partial charge is 0.410 e. The highest BCUT2D eigenvalue weighted by atomic mass is 16.5. The predicted molar refractivity (Wildman–Crippen MR) is 83.6 cm³/mol. The van der Waals surface area contributed by atoms with Gasteiger partial charge in [0.1, 0.15) is 5.75 Å². The number of amides is 1. The molecule has 112 valence electrons. The quantitative estimate of drug-likeness (QED) is 0.786.